The number of anilines is 2. The molecule has 4 heterocycles. The molecule has 0 radical (unpaired) electrons. The van der Waals surface area contributed by atoms with Crippen LogP contribution in [0.2, 0.25) is 0 Å². The standard InChI is InChI=1S/C20H17ClN6O2.C19H18BrN5O3.C2H4Cl2.CH3F.CH4/c1-28-14-7-6-13(16(8-14)29-2)11-23-20-25-18-12(10-22)4-3-5-15(18)19-24-17(9-21)26-27(19)20;1-27-12-7-6-11(15(8-12)28-2)9-21-19-23-17-13(4-3-5-14(17)20)18-22-16(10-26)24-25(18)19;1-2(3)4;1-2;/h3-8H,9,11H2,1-2H3,(H,23,25);3-8,26H,9-10H2,1-2H3,(H,21,23);2H,1H3;1H3;1H4/i;;;;1D. The third-order valence-corrected chi connectivity index (χ3v) is 9.77. The predicted molar refractivity (Wildman–Crippen MR) is 253 cm³/mol. The van der Waals surface area contributed by atoms with E-state index in [-0.39, 0.29) is 17.3 Å². The van der Waals surface area contributed by atoms with E-state index in [1.807, 2.05) is 60.7 Å². The molecule has 16 nitrogen and oxygen atoms in total. The Morgan fingerprint density at radius 3 is 1.70 bits per heavy atom. The fourth-order valence-electron chi connectivity index (χ4n) is 6.10. The Hall–Kier alpha value is -5.97. The Bertz CT molecular complexity index is 2870. The normalized spacial score (nSPS) is 10.5. The van der Waals surface area contributed by atoms with Crippen LogP contribution in [0.25, 0.3) is 33.1 Å². The fraction of sp³-hybridized carbons (Fsp3) is 0.279. The van der Waals surface area contributed by atoms with Gasteiger partial charge in [0, 0.05) is 53.0 Å². The molecule has 0 aliphatic heterocycles. The number of nitriles is 1. The molecule has 0 bridgehead atoms. The highest BCUT2D eigenvalue weighted by Crippen LogP contribution is 2.30. The lowest BCUT2D eigenvalue weighted by Gasteiger charge is -2.13. The van der Waals surface area contributed by atoms with Crippen molar-refractivity contribution in [2.75, 3.05) is 46.3 Å². The lowest BCUT2D eigenvalue weighted by molar-refractivity contribution is 0.271. The van der Waals surface area contributed by atoms with Crippen molar-refractivity contribution in [1.29, 1.82) is 5.26 Å². The second kappa shape index (κ2) is 24.2. The summed E-state index contributed by atoms with van der Waals surface area (Å²) < 4.78 is 40.7. The number of halogens is 5. The van der Waals surface area contributed by atoms with Gasteiger partial charge in [0.2, 0.25) is 11.9 Å². The Labute approximate surface area is 393 Å². The number of ether oxygens (including phenoxy) is 4. The molecule has 64 heavy (non-hydrogen) atoms. The molecule has 0 amide bonds. The van der Waals surface area contributed by atoms with Crippen LogP contribution in [-0.4, -0.2) is 84.7 Å². The number of benzene rings is 4. The molecule has 0 saturated heterocycles. The smallest absolute Gasteiger partial charge is 0.226 e. The zero-order valence-corrected chi connectivity index (χ0v) is 39.7. The molecular weight excluding hydrogens is 956 g/mol. The number of nitrogens with one attached hydrogen (secondary N) is 2. The first-order valence-electron chi connectivity index (χ1n) is 19.7. The Morgan fingerprint density at radius 2 is 1.23 bits per heavy atom. The number of hydrogen-bond donors (Lipinski definition) is 3. The molecule has 0 fully saturated rings. The predicted octanol–water partition coefficient (Wildman–Crippen LogP) is 9.71. The Kier molecular flexibility index (Phi) is 18.5. The molecule has 0 aliphatic rings. The van der Waals surface area contributed by atoms with E-state index in [0.717, 1.165) is 37.6 Å². The van der Waals surface area contributed by atoms with Crippen LogP contribution < -0.4 is 29.6 Å². The number of rotatable bonds is 12. The molecule has 0 saturated carbocycles. The van der Waals surface area contributed by atoms with Gasteiger partial charge in [0.05, 0.1) is 58.1 Å². The van der Waals surface area contributed by atoms with Crippen molar-refractivity contribution >= 4 is 95.7 Å². The average molecular weight is 1000 g/mol. The van der Waals surface area contributed by atoms with Gasteiger partial charge in [-0.3, -0.25) is 4.39 Å². The van der Waals surface area contributed by atoms with Crippen molar-refractivity contribution in [1.82, 2.24) is 39.2 Å². The van der Waals surface area contributed by atoms with Gasteiger partial charge in [-0.15, -0.1) is 45.0 Å². The van der Waals surface area contributed by atoms with E-state index in [4.69, 9.17) is 60.1 Å². The number of alkyl halides is 4. The zero-order chi connectivity index (χ0) is 47.6. The van der Waals surface area contributed by atoms with E-state index in [2.05, 4.69) is 57.8 Å². The summed E-state index contributed by atoms with van der Waals surface area (Å²) in [7, 11) is 8.19. The van der Waals surface area contributed by atoms with E-state index >= 15 is 0 Å². The highest BCUT2D eigenvalue weighted by atomic mass is 79.9. The molecule has 0 atom stereocenters. The minimum absolute atomic E-state index is 0.173. The van der Waals surface area contributed by atoms with Gasteiger partial charge in [-0.1, -0.05) is 19.5 Å². The summed E-state index contributed by atoms with van der Waals surface area (Å²) in [5, 5.41) is 35.9. The van der Waals surface area contributed by atoms with Crippen LogP contribution >= 0.6 is 50.7 Å². The van der Waals surface area contributed by atoms with Crippen molar-refractivity contribution in [3.8, 4) is 29.1 Å². The summed E-state index contributed by atoms with van der Waals surface area (Å²) >= 11 is 19.6. The zero-order valence-electron chi connectivity index (χ0n) is 36.8. The quantitative estimate of drug-likeness (QED) is 0.0980. The van der Waals surface area contributed by atoms with Crippen molar-refractivity contribution in [2.45, 2.75) is 44.7 Å². The van der Waals surface area contributed by atoms with Gasteiger partial charge in [0.15, 0.2) is 22.9 Å². The van der Waals surface area contributed by atoms with Crippen LogP contribution in [0.3, 0.4) is 0 Å². The van der Waals surface area contributed by atoms with Gasteiger partial charge in [-0.2, -0.15) is 14.3 Å². The molecule has 338 valence electrons. The number of para-hydroxylation sites is 2. The minimum Gasteiger partial charge on any atom is -0.497 e. The maximum atomic E-state index is 9.50. The molecule has 8 rings (SSSR count). The van der Waals surface area contributed by atoms with Crippen molar-refractivity contribution in [3.05, 3.63) is 106 Å². The molecule has 4 aromatic carbocycles. The van der Waals surface area contributed by atoms with Crippen molar-refractivity contribution < 1.29 is 29.8 Å². The highest BCUT2D eigenvalue weighted by Gasteiger charge is 2.18. The molecule has 0 unspecified atom stereocenters. The highest BCUT2D eigenvalue weighted by molar-refractivity contribution is 9.10. The summed E-state index contributed by atoms with van der Waals surface area (Å²) in [5.74, 6) is 4.78. The second-order valence-corrected chi connectivity index (χ2v) is 15.4. The first kappa shape index (κ1) is 49.1. The molecule has 0 spiro atoms. The minimum atomic E-state index is -0.247. The Morgan fingerprint density at radius 1 is 0.766 bits per heavy atom. The van der Waals surface area contributed by atoms with Crippen molar-refractivity contribution in [3.63, 3.8) is 0 Å². The number of fused-ring (bicyclic) bond motifs is 6. The van der Waals surface area contributed by atoms with Crippen LogP contribution in [0.15, 0.2) is 77.3 Å². The number of methoxy groups -OCH3 is 4. The van der Waals surface area contributed by atoms with Gasteiger partial charge < -0.3 is 34.7 Å². The largest absolute Gasteiger partial charge is 0.497 e. The maximum absolute atomic E-state index is 9.50. The van der Waals surface area contributed by atoms with Crippen LogP contribution in [0.4, 0.5) is 16.3 Å². The van der Waals surface area contributed by atoms with E-state index < -0.39 is 0 Å². The number of aromatic nitrogens is 8. The van der Waals surface area contributed by atoms with Crippen LogP contribution in [-0.2, 0) is 25.6 Å². The average Bonchev–Trinajstić information content (AvgIpc) is 4.00. The fourth-order valence-corrected chi connectivity index (χ4v) is 6.67. The summed E-state index contributed by atoms with van der Waals surface area (Å²) in [6.45, 7) is 2.33. The lowest BCUT2D eigenvalue weighted by atomic mass is 10.1. The first-order chi connectivity index (χ1) is 31.5. The first-order valence-corrected chi connectivity index (χ1v) is 20.9. The van der Waals surface area contributed by atoms with Crippen LogP contribution in [0, 0.1) is 11.3 Å². The number of nitrogens with zero attached hydrogens (tertiary/aromatic N) is 9. The lowest BCUT2D eigenvalue weighted by Crippen LogP contribution is -2.09. The molecule has 4 aromatic heterocycles. The maximum Gasteiger partial charge on any atom is 0.226 e. The summed E-state index contributed by atoms with van der Waals surface area (Å²) in [4.78, 5) is 18.1. The second-order valence-electron chi connectivity index (χ2n) is 12.7. The van der Waals surface area contributed by atoms with Gasteiger partial charge >= 0.3 is 0 Å². The van der Waals surface area contributed by atoms with Gasteiger partial charge in [0.1, 0.15) is 40.5 Å². The molecule has 0 aliphatic carbocycles. The third kappa shape index (κ3) is 11.8. The van der Waals surface area contributed by atoms with E-state index in [1.54, 1.807) is 56.5 Å². The molecule has 21 heteroatoms. The topological polar surface area (TPSA) is 191 Å². The number of aliphatic hydroxyl groups is 1. The van der Waals surface area contributed by atoms with Gasteiger partial charge in [-0.25, -0.2) is 19.9 Å². The summed E-state index contributed by atoms with van der Waals surface area (Å²) in [5.41, 5.74) is 4.84. The SMILES string of the molecule is CC(Cl)Cl.CF.COc1ccc(CNc2nc3c(Br)cccc3c3nc(CO)nn23)c(OC)c1.COc1ccc(CNc2nc3c(C#N)cccc3c3nc(CCl)nn23)c(OC)c1.[2H]C. The van der Waals surface area contributed by atoms with E-state index in [9.17, 15) is 14.8 Å². The van der Waals surface area contributed by atoms with E-state index in [1.165, 1.54) is 7.40 Å². The summed E-state index contributed by atoms with van der Waals surface area (Å²) in [6.07, 6.45) is 0. The van der Waals surface area contributed by atoms with Gasteiger partial charge in [-0.05, 0) is 71.4 Å². The molecule has 8 aromatic rings. The third-order valence-electron chi connectivity index (χ3n) is 8.89. The Balaban J connectivity index is 0.000000246. The molecular formula is C43H46BrCl3FN11O5. The van der Waals surface area contributed by atoms with E-state index in [0.29, 0.717) is 83.4 Å². The number of hydrogen-bond acceptors (Lipinski definition) is 14. The van der Waals surface area contributed by atoms with Crippen LogP contribution in [0.1, 0.15) is 44.0 Å². The van der Waals surface area contributed by atoms with Crippen molar-refractivity contribution in [2.24, 2.45) is 0 Å². The molecule has 3 N–H and O–H groups in total. The summed E-state index contributed by atoms with van der Waals surface area (Å²) in [6, 6.07) is 24.5. The van der Waals surface area contributed by atoms with Crippen LogP contribution in [0.5, 0.6) is 23.0 Å². The number of aliphatic hydroxyl groups excluding tert-OH is 1. The monoisotopic (exact) mass is 1000 g/mol. The van der Waals surface area contributed by atoms with Gasteiger partial charge in [0.25, 0.3) is 0 Å².